The minimum absolute atomic E-state index is 0.0864. The average molecular weight is 401 g/mol. The molecule has 29 heavy (non-hydrogen) atoms. The van der Waals surface area contributed by atoms with Crippen molar-refractivity contribution in [1.82, 2.24) is 10.2 Å². The van der Waals surface area contributed by atoms with Crippen LogP contribution in [-0.4, -0.2) is 52.2 Å². The van der Waals surface area contributed by atoms with Crippen molar-refractivity contribution in [2.24, 2.45) is 0 Å². The van der Waals surface area contributed by atoms with Crippen LogP contribution in [0.3, 0.4) is 0 Å². The second kappa shape index (κ2) is 8.85. The maximum atomic E-state index is 12.8. The lowest BCUT2D eigenvalue weighted by atomic mass is 10.0. The fourth-order valence-electron chi connectivity index (χ4n) is 3.57. The van der Waals surface area contributed by atoms with Crippen LogP contribution in [0.1, 0.15) is 65.7 Å². The highest BCUT2D eigenvalue weighted by Crippen LogP contribution is 2.29. The van der Waals surface area contributed by atoms with Crippen LogP contribution >= 0.6 is 0 Å². The summed E-state index contributed by atoms with van der Waals surface area (Å²) in [6.45, 7) is 0.658. The summed E-state index contributed by atoms with van der Waals surface area (Å²) in [5.41, 5.74) is 1.19. The number of piperidine rings is 1. The van der Waals surface area contributed by atoms with E-state index in [2.05, 4.69) is 10.6 Å². The van der Waals surface area contributed by atoms with Crippen molar-refractivity contribution in [3.8, 4) is 0 Å². The van der Waals surface area contributed by atoms with Gasteiger partial charge in [-0.15, -0.1) is 0 Å². The van der Waals surface area contributed by atoms with Crippen LogP contribution < -0.4 is 10.6 Å². The monoisotopic (exact) mass is 401 g/mol. The second-order valence-corrected chi connectivity index (χ2v) is 7.19. The molecule has 0 radical (unpaired) electrons. The topological polar surface area (TPSA) is 133 Å². The van der Waals surface area contributed by atoms with Gasteiger partial charge in [0.15, 0.2) is 0 Å². The summed E-state index contributed by atoms with van der Waals surface area (Å²) in [5.74, 6) is -2.87. The molecular weight excluding hydrogens is 378 g/mol. The maximum absolute atomic E-state index is 12.8. The molecule has 1 saturated heterocycles. The lowest BCUT2D eigenvalue weighted by molar-refractivity contribution is -0.138. The maximum Gasteiger partial charge on any atom is 0.303 e. The number of aliphatic carboxylic acids is 1. The van der Waals surface area contributed by atoms with Gasteiger partial charge in [0.2, 0.25) is 11.8 Å². The molecule has 0 aliphatic carbocycles. The molecule has 0 saturated carbocycles. The lowest BCUT2D eigenvalue weighted by Gasteiger charge is -2.27. The lowest BCUT2D eigenvalue weighted by Crippen LogP contribution is -2.54. The van der Waals surface area contributed by atoms with E-state index in [-0.39, 0.29) is 30.4 Å². The molecule has 1 atom stereocenters. The number of nitrogens with zero attached hydrogens (tertiary/aromatic N) is 1. The van der Waals surface area contributed by atoms with Gasteiger partial charge in [-0.3, -0.25) is 34.2 Å². The Morgan fingerprint density at radius 1 is 1.07 bits per heavy atom. The Hall–Kier alpha value is -3.23. The minimum atomic E-state index is -0.970. The number of amides is 4. The average Bonchev–Trinajstić information content (AvgIpc) is 2.91. The number of nitrogens with one attached hydrogen (secondary N) is 2. The Bertz CT molecular complexity index is 866. The zero-order valence-corrected chi connectivity index (χ0v) is 15.9. The summed E-state index contributed by atoms with van der Waals surface area (Å²) in [6, 6.07) is 3.91. The first kappa shape index (κ1) is 20.5. The number of carbonyl (C=O) groups excluding carboxylic acids is 4. The molecule has 0 aromatic heterocycles. The van der Waals surface area contributed by atoms with Crippen LogP contribution in [0.5, 0.6) is 0 Å². The fourth-order valence-corrected chi connectivity index (χ4v) is 3.57. The summed E-state index contributed by atoms with van der Waals surface area (Å²) in [7, 11) is 0. The molecule has 1 unspecified atom stereocenters. The predicted molar refractivity (Wildman–Crippen MR) is 102 cm³/mol. The quantitative estimate of drug-likeness (QED) is 0.422. The molecule has 9 heteroatoms. The highest BCUT2D eigenvalue weighted by molar-refractivity contribution is 6.23. The third-order valence-electron chi connectivity index (χ3n) is 5.09. The van der Waals surface area contributed by atoms with Gasteiger partial charge in [0.1, 0.15) is 6.04 Å². The summed E-state index contributed by atoms with van der Waals surface area (Å²) >= 11 is 0. The van der Waals surface area contributed by atoms with Gasteiger partial charge in [-0.1, -0.05) is 12.8 Å². The number of fused-ring (bicyclic) bond motifs is 1. The predicted octanol–water partition coefficient (Wildman–Crippen LogP) is 1.53. The summed E-state index contributed by atoms with van der Waals surface area (Å²) < 4.78 is 0. The van der Waals surface area contributed by atoms with Crippen LogP contribution in [-0.2, 0) is 14.4 Å². The van der Waals surface area contributed by atoms with Gasteiger partial charge < -0.3 is 10.4 Å². The van der Waals surface area contributed by atoms with Crippen molar-refractivity contribution in [2.75, 3.05) is 11.9 Å². The molecular formula is C20H23N3O6. The Balaban J connectivity index is 1.57. The van der Waals surface area contributed by atoms with Crippen molar-refractivity contribution in [2.45, 2.75) is 51.0 Å². The number of benzene rings is 1. The van der Waals surface area contributed by atoms with E-state index in [0.717, 1.165) is 24.2 Å². The van der Waals surface area contributed by atoms with Crippen LogP contribution in [0.2, 0.25) is 0 Å². The number of anilines is 1. The molecule has 1 fully saturated rings. The number of imide groups is 2. The van der Waals surface area contributed by atoms with Crippen molar-refractivity contribution in [3.63, 3.8) is 0 Å². The smallest absolute Gasteiger partial charge is 0.303 e. The van der Waals surface area contributed by atoms with E-state index in [1.165, 1.54) is 0 Å². The zero-order chi connectivity index (χ0) is 21.0. The fraction of sp³-hybridized carbons (Fsp3) is 0.450. The van der Waals surface area contributed by atoms with E-state index in [0.29, 0.717) is 18.7 Å². The van der Waals surface area contributed by atoms with Crippen molar-refractivity contribution < 1.29 is 29.1 Å². The van der Waals surface area contributed by atoms with Gasteiger partial charge in [0.05, 0.1) is 11.1 Å². The first-order chi connectivity index (χ1) is 13.9. The highest BCUT2D eigenvalue weighted by atomic mass is 16.4. The SMILES string of the molecule is O=C(O)CCCCCCNc1ccc2c(c1)C(=O)N(C1CCC(=O)NC1=O)C2=O. The molecule has 2 aliphatic rings. The van der Waals surface area contributed by atoms with Crippen molar-refractivity contribution in [3.05, 3.63) is 29.3 Å². The van der Waals surface area contributed by atoms with Crippen LogP contribution in [0.15, 0.2) is 18.2 Å². The Kier molecular flexibility index (Phi) is 6.26. The van der Waals surface area contributed by atoms with E-state index in [1.807, 2.05) is 0 Å². The van der Waals surface area contributed by atoms with Gasteiger partial charge in [0, 0.05) is 25.1 Å². The molecule has 3 N–H and O–H groups in total. The molecule has 2 aliphatic heterocycles. The molecule has 1 aromatic rings. The van der Waals surface area contributed by atoms with Crippen LogP contribution in [0, 0.1) is 0 Å². The van der Waals surface area contributed by atoms with E-state index in [4.69, 9.17) is 5.11 Å². The molecule has 2 heterocycles. The first-order valence-electron chi connectivity index (χ1n) is 9.70. The van der Waals surface area contributed by atoms with Gasteiger partial charge >= 0.3 is 5.97 Å². The number of carboxylic acids is 1. The van der Waals surface area contributed by atoms with E-state index >= 15 is 0 Å². The van der Waals surface area contributed by atoms with E-state index in [9.17, 15) is 24.0 Å². The third kappa shape index (κ3) is 4.61. The number of carboxylic acid groups (broad SMARTS) is 1. The molecule has 154 valence electrons. The number of rotatable bonds is 9. The van der Waals surface area contributed by atoms with Crippen molar-refractivity contribution >= 4 is 35.3 Å². The summed E-state index contributed by atoms with van der Waals surface area (Å²) in [4.78, 5) is 60.2. The van der Waals surface area contributed by atoms with E-state index in [1.54, 1.807) is 18.2 Å². The number of carbonyl (C=O) groups is 5. The Morgan fingerprint density at radius 2 is 1.79 bits per heavy atom. The highest BCUT2D eigenvalue weighted by Gasteiger charge is 2.44. The Labute approximate surface area is 167 Å². The molecule has 1 aromatic carbocycles. The van der Waals surface area contributed by atoms with Crippen LogP contribution in [0.25, 0.3) is 0 Å². The number of hydrogen-bond donors (Lipinski definition) is 3. The van der Waals surface area contributed by atoms with E-state index < -0.39 is 35.6 Å². The number of unbranched alkanes of at least 4 members (excludes halogenated alkanes) is 3. The van der Waals surface area contributed by atoms with Crippen LogP contribution in [0.4, 0.5) is 5.69 Å². The van der Waals surface area contributed by atoms with Crippen molar-refractivity contribution in [1.29, 1.82) is 0 Å². The zero-order valence-electron chi connectivity index (χ0n) is 15.9. The van der Waals surface area contributed by atoms with Gasteiger partial charge in [0.25, 0.3) is 11.8 Å². The third-order valence-corrected chi connectivity index (χ3v) is 5.09. The molecule has 0 bridgehead atoms. The second-order valence-electron chi connectivity index (χ2n) is 7.19. The largest absolute Gasteiger partial charge is 0.481 e. The molecule has 3 rings (SSSR count). The van der Waals surface area contributed by atoms with Gasteiger partial charge in [-0.2, -0.15) is 0 Å². The van der Waals surface area contributed by atoms with Gasteiger partial charge in [-0.05, 0) is 37.5 Å². The summed E-state index contributed by atoms with van der Waals surface area (Å²) in [6.07, 6.45) is 3.63. The number of hydrogen-bond acceptors (Lipinski definition) is 6. The minimum Gasteiger partial charge on any atom is -0.481 e. The normalized spacial score (nSPS) is 18.6. The molecule has 4 amide bonds. The standard InChI is InChI=1S/C20H23N3O6/c24-16-9-8-15(18(27)22-16)23-19(28)13-7-6-12(11-14(13)20(23)29)21-10-4-2-1-3-5-17(25)26/h6-7,11,15,21H,1-5,8-10H2,(H,25,26)(H,22,24,27). The molecule has 9 nitrogen and oxygen atoms in total. The Morgan fingerprint density at radius 3 is 2.52 bits per heavy atom. The summed E-state index contributed by atoms with van der Waals surface area (Å²) in [5, 5.41) is 14.0. The van der Waals surface area contributed by atoms with Gasteiger partial charge in [-0.25, -0.2) is 0 Å². The first-order valence-corrected chi connectivity index (χ1v) is 9.70. The molecule has 0 spiro atoms.